The van der Waals surface area contributed by atoms with Crippen LogP contribution in [0, 0.1) is 0 Å². The average Bonchev–Trinajstić information content (AvgIpc) is 2.69. The predicted octanol–water partition coefficient (Wildman–Crippen LogP) is 1.59. The average molecular weight is 456 g/mol. The molecule has 2 heterocycles. The summed E-state index contributed by atoms with van der Waals surface area (Å²) in [5, 5.41) is 10.2. The molecule has 0 saturated carbocycles. The molecule has 1 aliphatic heterocycles. The molecule has 1 aromatic heterocycles. The van der Waals surface area contributed by atoms with E-state index in [4.69, 9.17) is 4.74 Å². The van der Waals surface area contributed by atoms with Gasteiger partial charge < -0.3 is 9.84 Å². The largest absolute Gasteiger partial charge is 0.491 e. The van der Waals surface area contributed by atoms with Gasteiger partial charge in [0, 0.05) is 49.6 Å². The fourth-order valence-corrected chi connectivity index (χ4v) is 4.53. The minimum Gasteiger partial charge on any atom is -0.491 e. The minimum absolute atomic E-state index is 0.190. The molecule has 1 atom stereocenters. The van der Waals surface area contributed by atoms with E-state index in [0.717, 1.165) is 4.47 Å². The number of nitrogens with zero attached hydrogens (tertiary/aromatic N) is 3. The lowest BCUT2D eigenvalue weighted by molar-refractivity contribution is 0.0569. The molecular formula is C18H22BrN3O4S. The van der Waals surface area contributed by atoms with Crippen LogP contribution in [0.3, 0.4) is 0 Å². The first kappa shape index (κ1) is 20.2. The van der Waals surface area contributed by atoms with Crippen molar-refractivity contribution in [3.05, 3.63) is 53.3 Å². The first-order chi connectivity index (χ1) is 12.9. The SMILES string of the molecule is O=S(=O)(c1cccnc1)N1CCN(CC(O)COc2ccc(Br)cc2)CC1. The first-order valence-electron chi connectivity index (χ1n) is 8.64. The van der Waals surface area contributed by atoms with Crippen LogP contribution in [0.4, 0.5) is 0 Å². The molecule has 1 aliphatic rings. The molecule has 7 nitrogen and oxygen atoms in total. The molecule has 1 N–H and O–H groups in total. The van der Waals surface area contributed by atoms with Gasteiger partial charge in [0.2, 0.25) is 10.0 Å². The van der Waals surface area contributed by atoms with Gasteiger partial charge in [0.15, 0.2) is 0 Å². The Morgan fingerprint density at radius 2 is 1.85 bits per heavy atom. The van der Waals surface area contributed by atoms with Crippen LogP contribution < -0.4 is 4.74 Å². The van der Waals surface area contributed by atoms with Gasteiger partial charge in [-0.2, -0.15) is 4.31 Å². The van der Waals surface area contributed by atoms with E-state index in [2.05, 4.69) is 20.9 Å². The molecule has 0 spiro atoms. The highest BCUT2D eigenvalue weighted by atomic mass is 79.9. The predicted molar refractivity (Wildman–Crippen MR) is 105 cm³/mol. The number of aliphatic hydroxyl groups excluding tert-OH is 1. The third-order valence-corrected chi connectivity index (χ3v) is 6.74. The molecule has 146 valence electrons. The quantitative estimate of drug-likeness (QED) is 0.682. The molecule has 0 amide bonds. The number of piperazine rings is 1. The summed E-state index contributed by atoms with van der Waals surface area (Å²) in [5.41, 5.74) is 0. The number of halogens is 1. The number of sulfonamides is 1. The van der Waals surface area contributed by atoms with E-state index in [-0.39, 0.29) is 11.5 Å². The highest BCUT2D eigenvalue weighted by molar-refractivity contribution is 9.10. The van der Waals surface area contributed by atoms with Gasteiger partial charge in [-0.1, -0.05) is 15.9 Å². The number of benzene rings is 1. The van der Waals surface area contributed by atoms with Crippen molar-refractivity contribution >= 4 is 26.0 Å². The lowest BCUT2D eigenvalue weighted by atomic mass is 10.3. The second-order valence-electron chi connectivity index (χ2n) is 6.31. The Morgan fingerprint density at radius 1 is 1.15 bits per heavy atom. The van der Waals surface area contributed by atoms with E-state index in [9.17, 15) is 13.5 Å². The molecule has 1 unspecified atom stereocenters. The number of hydrogen-bond donors (Lipinski definition) is 1. The van der Waals surface area contributed by atoms with Gasteiger partial charge in [-0.15, -0.1) is 0 Å². The molecule has 9 heteroatoms. The number of hydrogen-bond acceptors (Lipinski definition) is 6. The van der Waals surface area contributed by atoms with Gasteiger partial charge in [0.25, 0.3) is 0 Å². The second-order valence-corrected chi connectivity index (χ2v) is 9.17. The lowest BCUT2D eigenvalue weighted by Gasteiger charge is -2.34. The second kappa shape index (κ2) is 9.11. The van der Waals surface area contributed by atoms with Gasteiger partial charge in [-0.3, -0.25) is 9.88 Å². The molecule has 0 aliphatic carbocycles. The maximum Gasteiger partial charge on any atom is 0.244 e. The Balaban J connectivity index is 1.45. The summed E-state index contributed by atoms with van der Waals surface area (Å²) >= 11 is 3.36. The molecule has 1 saturated heterocycles. The molecule has 1 fully saturated rings. The molecule has 3 rings (SSSR count). The van der Waals surface area contributed by atoms with Crippen molar-refractivity contribution in [2.24, 2.45) is 0 Å². The summed E-state index contributed by atoms with van der Waals surface area (Å²) in [5.74, 6) is 0.699. The van der Waals surface area contributed by atoms with Crippen LogP contribution in [0.2, 0.25) is 0 Å². The third kappa shape index (κ3) is 5.49. The first-order valence-corrected chi connectivity index (χ1v) is 10.9. The summed E-state index contributed by atoms with van der Waals surface area (Å²) < 4.78 is 33.2. The van der Waals surface area contributed by atoms with E-state index >= 15 is 0 Å². The molecule has 0 bridgehead atoms. The Kier molecular flexibility index (Phi) is 6.83. The summed E-state index contributed by atoms with van der Waals surface area (Å²) in [6.45, 7) is 2.53. The van der Waals surface area contributed by atoms with E-state index in [1.54, 1.807) is 18.3 Å². The maximum absolute atomic E-state index is 12.6. The number of aliphatic hydroxyl groups is 1. The van der Waals surface area contributed by atoms with Crippen molar-refractivity contribution in [2.45, 2.75) is 11.0 Å². The summed E-state index contributed by atoms with van der Waals surface area (Å²) in [6, 6.07) is 10.6. The minimum atomic E-state index is -3.51. The van der Waals surface area contributed by atoms with Crippen molar-refractivity contribution in [1.29, 1.82) is 0 Å². The number of β-amino-alcohol motifs (C(OH)–C–C–N with tert-alkyl or cyclic N) is 1. The fourth-order valence-electron chi connectivity index (χ4n) is 2.88. The Hall–Kier alpha value is -1.52. The van der Waals surface area contributed by atoms with Crippen molar-refractivity contribution < 1.29 is 18.3 Å². The molecular weight excluding hydrogens is 434 g/mol. The molecule has 27 heavy (non-hydrogen) atoms. The maximum atomic E-state index is 12.6. The normalized spacial score (nSPS) is 17.6. The summed E-state index contributed by atoms with van der Waals surface area (Å²) in [6.07, 6.45) is 2.27. The molecule has 2 aromatic rings. The van der Waals surface area contributed by atoms with Crippen LogP contribution in [0.25, 0.3) is 0 Å². The lowest BCUT2D eigenvalue weighted by Crippen LogP contribution is -2.50. The number of ether oxygens (including phenoxy) is 1. The van der Waals surface area contributed by atoms with E-state index in [0.29, 0.717) is 38.5 Å². The molecule has 0 radical (unpaired) electrons. The van der Waals surface area contributed by atoms with Gasteiger partial charge in [-0.25, -0.2) is 8.42 Å². The smallest absolute Gasteiger partial charge is 0.244 e. The standard InChI is InChI=1S/C18H22BrN3O4S/c19-15-3-5-17(6-4-15)26-14-16(23)13-21-8-10-22(11-9-21)27(24,25)18-2-1-7-20-12-18/h1-7,12,16,23H,8-11,13-14H2. The summed E-state index contributed by atoms with van der Waals surface area (Å²) in [7, 11) is -3.51. The van der Waals surface area contributed by atoms with Crippen LogP contribution in [0.5, 0.6) is 5.75 Å². The Bertz CT molecular complexity index is 825. The third-order valence-electron chi connectivity index (χ3n) is 4.33. The van der Waals surface area contributed by atoms with Crippen LogP contribution in [-0.4, -0.2) is 73.1 Å². The van der Waals surface area contributed by atoms with Crippen LogP contribution in [0.15, 0.2) is 58.2 Å². The fraction of sp³-hybridized carbons (Fsp3) is 0.389. The zero-order chi connectivity index (χ0) is 19.3. The monoisotopic (exact) mass is 455 g/mol. The van der Waals surface area contributed by atoms with Gasteiger partial charge in [0.1, 0.15) is 23.4 Å². The molecule has 1 aromatic carbocycles. The van der Waals surface area contributed by atoms with Crippen molar-refractivity contribution in [3.63, 3.8) is 0 Å². The Labute approximate surface area is 167 Å². The van der Waals surface area contributed by atoms with Gasteiger partial charge >= 0.3 is 0 Å². The van der Waals surface area contributed by atoms with E-state index in [1.807, 2.05) is 29.2 Å². The zero-order valence-electron chi connectivity index (χ0n) is 14.7. The highest BCUT2D eigenvalue weighted by Crippen LogP contribution is 2.18. The number of rotatable bonds is 7. The van der Waals surface area contributed by atoms with Crippen LogP contribution in [-0.2, 0) is 10.0 Å². The zero-order valence-corrected chi connectivity index (χ0v) is 17.1. The van der Waals surface area contributed by atoms with Gasteiger partial charge in [-0.05, 0) is 36.4 Å². The van der Waals surface area contributed by atoms with E-state index in [1.165, 1.54) is 10.5 Å². The van der Waals surface area contributed by atoms with Crippen molar-refractivity contribution in [1.82, 2.24) is 14.2 Å². The summed E-state index contributed by atoms with van der Waals surface area (Å²) in [4.78, 5) is 6.14. The van der Waals surface area contributed by atoms with Crippen molar-refractivity contribution in [2.75, 3.05) is 39.3 Å². The van der Waals surface area contributed by atoms with Gasteiger partial charge in [0.05, 0.1) is 0 Å². The van der Waals surface area contributed by atoms with Crippen molar-refractivity contribution in [3.8, 4) is 5.75 Å². The van der Waals surface area contributed by atoms with Crippen LogP contribution in [0.1, 0.15) is 0 Å². The topological polar surface area (TPSA) is 83.0 Å². The number of aromatic nitrogens is 1. The Morgan fingerprint density at radius 3 is 2.48 bits per heavy atom. The van der Waals surface area contributed by atoms with Crippen LogP contribution >= 0.6 is 15.9 Å². The highest BCUT2D eigenvalue weighted by Gasteiger charge is 2.29. The van der Waals surface area contributed by atoms with E-state index < -0.39 is 16.1 Å². The number of pyridine rings is 1.